The van der Waals surface area contributed by atoms with Crippen LogP contribution in [0, 0.1) is 0 Å². The molecule has 0 bridgehead atoms. The Morgan fingerprint density at radius 3 is 2.56 bits per heavy atom. The summed E-state index contributed by atoms with van der Waals surface area (Å²) in [6.45, 7) is 2.12. The number of benzene rings is 1. The molecule has 0 spiro atoms. The zero-order chi connectivity index (χ0) is 13.0. The summed E-state index contributed by atoms with van der Waals surface area (Å²) < 4.78 is 0. The first-order valence-electron chi connectivity index (χ1n) is 6.36. The molecule has 1 aromatic rings. The number of carbonyl (C=O) groups is 1. The highest BCUT2D eigenvalue weighted by Crippen LogP contribution is 2.11. The molecule has 1 saturated heterocycles. The van der Waals surface area contributed by atoms with Gasteiger partial charge in [-0.15, -0.1) is 0 Å². The Morgan fingerprint density at radius 1 is 1.33 bits per heavy atom. The van der Waals surface area contributed by atoms with Crippen LogP contribution in [0.3, 0.4) is 0 Å². The van der Waals surface area contributed by atoms with Crippen LogP contribution in [0.5, 0.6) is 0 Å². The molecule has 0 atom stereocenters. The molecule has 3 nitrogen and oxygen atoms in total. The van der Waals surface area contributed by atoms with Gasteiger partial charge in [0.1, 0.15) is 0 Å². The summed E-state index contributed by atoms with van der Waals surface area (Å²) in [5.74, 6) is 0.104. The van der Waals surface area contributed by atoms with Gasteiger partial charge in [-0.2, -0.15) is 0 Å². The summed E-state index contributed by atoms with van der Waals surface area (Å²) in [6, 6.07) is 7.77. The van der Waals surface area contributed by atoms with E-state index in [9.17, 15) is 4.79 Å². The Kier molecular flexibility index (Phi) is 4.61. The van der Waals surface area contributed by atoms with Gasteiger partial charge in [0.05, 0.1) is 6.42 Å². The lowest BCUT2D eigenvalue weighted by molar-refractivity contribution is -0.121. The molecule has 2 rings (SSSR count). The topological polar surface area (TPSA) is 32.3 Å². The van der Waals surface area contributed by atoms with Crippen molar-refractivity contribution in [3.05, 3.63) is 34.9 Å². The molecule has 0 unspecified atom stereocenters. The van der Waals surface area contributed by atoms with E-state index in [4.69, 9.17) is 11.6 Å². The maximum Gasteiger partial charge on any atom is 0.224 e. The molecule has 1 aliphatic heterocycles. The second-order valence-electron chi connectivity index (χ2n) is 4.95. The molecule has 1 aliphatic rings. The van der Waals surface area contributed by atoms with E-state index in [1.807, 2.05) is 24.3 Å². The van der Waals surface area contributed by atoms with Crippen LogP contribution in [0.2, 0.25) is 5.02 Å². The van der Waals surface area contributed by atoms with Gasteiger partial charge in [-0.3, -0.25) is 4.79 Å². The number of hydrogen-bond donors (Lipinski definition) is 1. The monoisotopic (exact) mass is 266 g/mol. The first-order chi connectivity index (χ1) is 8.63. The van der Waals surface area contributed by atoms with Gasteiger partial charge in [0.25, 0.3) is 0 Å². The minimum atomic E-state index is 0.104. The molecular weight excluding hydrogens is 248 g/mol. The van der Waals surface area contributed by atoms with Crippen LogP contribution in [0.1, 0.15) is 18.4 Å². The normalized spacial score (nSPS) is 17.7. The fourth-order valence-electron chi connectivity index (χ4n) is 2.22. The Morgan fingerprint density at radius 2 is 1.94 bits per heavy atom. The fraction of sp³-hybridized carbons (Fsp3) is 0.500. The van der Waals surface area contributed by atoms with Crippen LogP contribution in [0.4, 0.5) is 0 Å². The zero-order valence-corrected chi connectivity index (χ0v) is 11.4. The van der Waals surface area contributed by atoms with Crippen molar-refractivity contribution in [3.8, 4) is 0 Å². The lowest BCUT2D eigenvalue weighted by Gasteiger charge is -2.29. The third-order valence-electron chi connectivity index (χ3n) is 3.36. The largest absolute Gasteiger partial charge is 0.353 e. The van der Waals surface area contributed by atoms with Crippen molar-refractivity contribution in [2.75, 3.05) is 20.1 Å². The number of carbonyl (C=O) groups excluding carboxylic acids is 1. The van der Waals surface area contributed by atoms with E-state index in [-0.39, 0.29) is 5.91 Å². The number of halogens is 1. The lowest BCUT2D eigenvalue weighted by Crippen LogP contribution is -2.43. The number of nitrogens with one attached hydrogen (secondary N) is 1. The van der Waals surface area contributed by atoms with E-state index in [1.54, 1.807) is 0 Å². The van der Waals surface area contributed by atoms with Crippen molar-refractivity contribution in [1.29, 1.82) is 0 Å². The predicted octanol–water partition coefficient (Wildman–Crippen LogP) is 2.09. The van der Waals surface area contributed by atoms with E-state index in [0.717, 1.165) is 31.5 Å². The molecule has 0 saturated carbocycles. The van der Waals surface area contributed by atoms with Gasteiger partial charge in [0.15, 0.2) is 0 Å². The Hall–Kier alpha value is -1.06. The highest BCUT2D eigenvalue weighted by molar-refractivity contribution is 6.30. The first kappa shape index (κ1) is 13.4. The van der Waals surface area contributed by atoms with Crippen molar-refractivity contribution in [1.82, 2.24) is 10.2 Å². The molecule has 1 heterocycles. The summed E-state index contributed by atoms with van der Waals surface area (Å²) in [4.78, 5) is 14.2. The summed E-state index contributed by atoms with van der Waals surface area (Å²) in [7, 11) is 2.12. The molecule has 0 aromatic heterocycles. The maximum absolute atomic E-state index is 11.9. The highest BCUT2D eigenvalue weighted by atomic mass is 35.5. The van der Waals surface area contributed by atoms with Crippen molar-refractivity contribution in [2.45, 2.75) is 25.3 Å². The number of hydrogen-bond acceptors (Lipinski definition) is 2. The summed E-state index contributed by atoms with van der Waals surface area (Å²) in [5.41, 5.74) is 1.00. The standard InChI is InChI=1S/C14H19ClN2O/c1-17-8-6-13(7-9-17)16-14(18)10-11-2-4-12(15)5-3-11/h2-5,13H,6-10H2,1H3,(H,16,18). The molecule has 1 aromatic carbocycles. The third kappa shape index (κ3) is 4.00. The van der Waals surface area contributed by atoms with Gasteiger partial charge in [-0.25, -0.2) is 0 Å². The van der Waals surface area contributed by atoms with Crippen molar-refractivity contribution in [3.63, 3.8) is 0 Å². The highest BCUT2D eigenvalue weighted by Gasteiger charge is 2.18. The number of piperidine rings is 1. The summed E-state index contributed by atoms with van der Waals surface area (Å²) in [5, 5.41) is 3.81. The van der Waals surface area contributed by atoms with Gasteiger partial charge in [-0.1, -0.05) is 23.7 Å². The number of amides is 1. The SMILES string of the molecule is CN1CCC(NC(=O)Cc2ccc(Cl)cc2)CC1. The van der Waals surface area contributed by atoms with Crippen molar-refractivity contribution < 1.29 is 4.79 Å². The summed E-state index contributed by atoms with van der Waals surface area (Å²) in [6.07, 6.45) is 2.52. The molecule has 1 N–H and O–H groups in total. The van der Waals surface area contributed by atoms with Crippen LogP contribution in [-0.2, 0) is 11.2 Å². The Bertz CT molecular complexity index is 397. The van der Waals surface area contributed by atoms with Gasteiger partial charge < -0.3 is 10.2 Å². The minimum Gasteiger partial charge on any atom is -0.353 e. The molecule has 0 aliphatic carbocycles. The van der Waals surface area contributed by atoms with Crippen molar-refractivity contribution >= 4 is 17.5 Å². The van der Waals surface area contributed by atoms with Crippen LogP contribution >= 0.6 is 11.6 Å². The molecule has 1 fully saturated rings. The van der Waals surface area contributed by atoms with E-state index in [0.29, 0.717) is 17.5 Å². The number of nitrogens with zero attached hydrogens (tertiary/aromatic N) is 1. The minimum absolute atomic E-state index is 0.104. The average molecular weight is 267 g/mol. The summed E-state index contributed by atoms with van der Waals surface area (Å²) >= 11 is 5.81. The van der Waals surface area contributed by atoms with E-state index >= 15 is 0 Å². The molecule has 18 heavy (non-hydrogen) atoms. The number of likely N-dealkylation sites (tertiary alicyclic amines) is 1. The Labute approximate surface area is 113 Å². The van der Waals surface area contributed by atoms with Crippen LogP contribution in [0.15, 0.2) is 24.3 Å². The quantitative estimate of drug-likeness (QED) is 0.909. The van der Waals surface area contributed by atoms with Crippen molar-refractivity contribution in [2.24, 2.45) is 0 Å². The van der Waals surface area contributed by atoms with Gasteiger partial charge in [0, 0.05) is 11.1 Å². The molecule has 0 radical (unpaired) electrons. The Balaban J connectivity index is 1.80. The predicted molar refractivity (Wildman–Crippen MR) is 73.8 cm³/mol. The molecule has 1 amide bonds. The molecular formula is C14H19ClN2O. The first-order valence-corrected chi connectivity index (χ1v) is 6.73. The van der Waals surface area contributed by atoms with E-state index in [1.165, 1.54) is 0 Å². The zero-order valence-electron chi connectivity index (χ0n) is 10.7. The van der Waals surface area contributed by atoms with Crippen LogP contribution in [0.25, 0.3) is 0 Å². The third-order valence-corrected chi connectivity index (χ3v) is 3.61. The smallest absolute Gasteiger partial charge is 0.224 e. The van der Waals surface area contributed by atoms with Gasteiger partial charge in [-0.05, 0) is 50.7 Å². The van der Waals surface area contributed by atoms with E-state index < -0.39 is 0 Å². The van der Waals surface area contributed by atoms with Crippen LogP contribution < -0.4 is 5.32 Å². The maximum atomic E-state index is 11.9. The second-order valence-corrected chi connectivity index (χ2v) is 5.38. The molecule has 98 valence electrons. The van der Waals surface area contributed by atoms with Crippen LogP contribution in [-0.4, -0.2) is 37.0 Å². The van der Waals surface area contributed by atoms with Gasteiger partial charge in [0.2, 0.25) is 5.91 Å². The second kappa shape index (κ2) is 6.21. The molecule has 4 heteroatoms. The van der Waals surface area contributed by atoms with E-state index in [2.05, 4.69) is 17.3 Å². The fourth-order valence-corrected chi connectivity index (χ4v) is 2.35. The van der Waals surface area contributed by atoms with Gasteiger partial charge >= 0.3 is 0 Å². The average Bonchev–Trinajstić information content (AvgIpc) is 2.35. The number of rotatable bonds is 3. The lowest BCUT2D eigenvalue weighted by atomic mass is 10.0.